The summed E-state index contributed by atoms with van der Waals surface area (Å²) < 4.78 is 7.47. The maximum Gasteiger partial charge on any atom is 0.256 e. The van der Waals surface area contributed by atoms with Crippen LogP contribution in [0.25, 0.3) is 10.9 Å². The molecule has 0 saturated heterocycles. The Balaban J connectivity index is 1.72. The smallest absolute Gasteiger partial charge is 0.256 e. The van der Waals surface area contributed by atoms with E-state index < -0.39 is 0 Å². The third kappa shape index (κ3) is 3.77. The van der Waals surface area contributed by atoms with Gasteiger partial charge in [-0.3, -0.25) is 14.6 Å². The van der Waals surface area contributed by atoms with Crippen molar-refractivity contribution in [1.29, 1.82) is 0 Å². The summed E-state index contributed by atoms with van der Waals surface area (Å²) in [4.78, 5) is 33.0. The molecule has 4 rings (SSSR count). The van der Waals surface area contributed by atoms with Crippen molar-refractivity contribution in [1.82, 2.24) is 19.9 Å². The molecule has 164 valence electrons. The number of H-pyrrole nitrogens is 1. The molecule has 32 heavy (non-hydrogen) atoms. The first-order chi connectivity index (χ1) is 15.4. The van der Waals surface area contributed by atoms with Gasteiger partial charge in [-0.2, -0.15) is 0 Å². The molecular weight excluding hydrogens is 404 g/mol. The summed E-state index contributed by atoms with van der Waals surface area (Å²) in [5.41, 5.74) is 4.11. The van der Waals surface area contributed by atoms with Crippen molar-refractivity contribution in [3.8, 4) is 5.75 Å². The van der Waals surface area contributed by atoms with Crippen molar-refractivity contribution in [3.05, 3.63) is 93.3 Å². The number of fused-ring (bicyclic) bond motifs is 1. The molecule has 0 fully saturated rings. The maximum atomic E-state index is 13.3. The van der Waals surface area contributed by atoms with Crippen LogP contribution in [0.1, 0.15) is 46.0 Å². The molecule has 1 unspecified atom stereocenters. The lowest BCUT2D eigenvalue weighted by Gasteiger charge is -2.17. The van der Waals surface area contributed by atoms with Gasteiger partial charge < -0.3 is 19.6 Å². The lowest BCUT2D eigenvalue weighted by atomic mass is 10.1. The van der Waals surface area contributed by atoms with Crippen molar-refractivity contribution in [2.75, 3.05) is 7.11 Å². The number of aromatic nitrogens is 3. The zero-order valence-electron chi connectivity index (χ0n) is 18.6. The van der Waals surface area contributed by atoms with E-state index in [1.165, 1.54) is 7.11 Å². The fraction of sp³-hybridized carbons (Fsp3) is 0.240. The van der Waals surface area contributed by atoms with Crippen LogP contribution in [0.15, 0.2) is 59.5 Å². The number of rotatable bonds is 6. The normalized spacial score (nSPS) is 12.0. The number of methoxy groups -OCH3 is 1. The predicted molar refractivity (Wildman–Crippen MR) is 124 cm³/mol. The molecule has 0 aliphatic rings. The zero-order chi connectivity index (χ0) is 22.8. The number of aromatic amines is 1. The first kappa shape index (κ1) is 21.4. The van der Waals surface area contributed by atoms with Crippen molar-refractivity contribution in [2.24, 2.45) is 0 Å². The van der Waals surface area contributed by atoms with E-state index in [1.807, 2.05) is 49.4 Å². The summed E-state index contributed by atoms with van der Waals surface area (Å²) in [6.45, 7) is 5.85. The van der Waals surface area contributed by atoms with Crippen LogP contribution in [0.2, 0.25) is 0 Å². The standard InChI is InChI=1S/C25H26N4O3/c1-15-13-22(32-4)19(24(30)28-15)14-27-25(31)23-17(3)29(21-11-6-5-9-18(21)23)16(2)20-10-7-8-12-26-20/h5-13,16H,14H2,1-4H3,(H,27,31)(H,28,30). The Morgan fingerprint density at radius 2 is 1.94 bits per heavy atom. The molecule has 1 atom stereocenters. The number of para-hydroxylation sites is 1. The van der Waals surface area contributed by atoms with Gasteiger partial charge in [-0.05, 0) is 45.0 Å². The monoisotopic (exact) mass is 430 g/mol. The molecule has 0 radical (unpaired) electrons. The molecule has 0 bridgehead atoms. The number of nitrogens with zero attached hydrogens (tertiary/aromatic N) is 2. The molecule has 0 aliphatic carbocycles. The Labute approximate surface area is 186 Å². The van der Waals surface area contributed by atoms with Gasteiger partial charge in [0.15, 0.2) is 0 Å². The fourth-order valence-electron chi connectivity index (χ4n) is 4.23. The number of amides is 1. The van der Waals surface area contributed by atoms with Gasteiger partial charge >= 0.3 is 0 Å². The molecule has 7 heteroatoms. The Morgan fingerprint density at radius 3 is 2.66 bits per heavy atom. The number of carbonyl (C=O) groups excluding carboxylic acids is 1. The lowest BCUT2D eigenvalue weighted by molar-refractivity contribution is 0.0951. The van der Waals surface area contributed by atoms with Gasteiger partial charge in [-0.15, -0.1) is 0 Å². The number of hydrogen-bond donors (Lipinski definition) is 2. The highest BCUT2D eigenvalue weighted by molar-refractivity contribution is 6.08. The first-order valence-corrected chi connectivity index (χ1v) is 10.5. The van der Waals surface area contributed by atoms with Gasteiger partial charge in [0, 0.05) is 28.5 Å². The highest BCUT2D eigenvalue weighted by Gasteiger charge is 2.23. The van der Waals surface area contributed by atoms with E-state index in [-0.39, 0.29) is 24.1 Å². The second-order valence-corrected chi connectivity index (χ2v) is 7.79. The summed E-state index contributed by atoms with van der Waals surface area (Å²) in [6, 6.07) is 15.3. The van der Waals surface area contributed by atoms with Crippen molar-refractivity contribution in [3.63, 3.8) is 0 Å². The minimum absolute atomic E-state index is 0.0531. The van der Waals surface area contributed by atoms with Crippen LogP contribution in [0.5, 0.6) is 5.75 Å². The van der Waals surface area contributed by atoms with E-state index >= 15 is 0 Å². The Hall–Kier alpha value is -3.87. The summed E-state index contributed by atoms with van der Waals surface area (Å²) >= 11 is 0. The highest BCUT2D eigenvalue weighted by atomic mass is 16.5. The number of ether oxygens (including phenoxy) is 1. The second kappa shape index (κ2) is 8.70. The highest BCUT2D eigenvalue weighted by Crippen LogP contribution is 2.31. The zero-order valence-corrected chi connectivity index (χ0v) is 18.6. The van der Waals surface area contributed by atoms with Crippen LogP contribution < -0.4 is 15.6 Å². The van der Waals surface area contributed by atoms with Gasteiger partial charge in [0.05, 0.1) is 36.5 Å². The van der Waals surface area contributed by atoms with Gasteiger partial charge in [0.2, 0.25) is 0 Å². The molecule has 1 amide bonds. The van der Waals surface area contributed by atoms with Gasteiger partial charge in [0.25, 0.3) is 11.5 Å². The molecule has 2 N–H and O–H groups in total. The molecule has 0 aliphatic heterocycles. The average molecular weight is 431 g/mol. The van der Waals surface area contributed by atoms with E-state index in [2.05, 4.69) is 26.8 Å². The SMILES string of the molecule is COc1cc(C)[nH]c(=O)c1CNC(=O)c1c(C)n(C(C)c2ccccn2)c2ccccc12. The summed E-state index contributed by atoms with van der Waals surface area (Å²) in [7, 11) is 1.51. The first-order valence-electron chi connectivity index (χ1n) is 10.5. The number of aryl methyl sites for hydroxylation is 1. The lowest BCUT2D eigenvalue weighted by Crippen LogP contribution is -2.28. The molecule has 3 aromatic heterocycles. The van der Waals surface area contributed by atoms with Gasteiger partial charge in [-0.1, -0.05) is 24.3 Å². The van der Waals surface area contributed by atoms with Crippen LogP contribution in [0, 0.1) is 13.8 Å². The molecule has 0 saturated carbocycles. The summed E-state index contributed by atoms with van der Waals surface area (Å²) in [6.07, 6.45) is 1.77. The average Bonchev–Trinajstić information content (AvgIpc) is 3.09. The van der Waals surface area contributed by atoms with Crippen molar-refractivity contribution in [2.45, 2.75) is 33.4 Å². The number of hydrogen-bond acceptors (Lipinski definition) is 4. The Bertz CT molecular complexity index is 1340. The quantitative estimate of drug-likeness (QED) is 0.486. The van der Waals surface area contributed by atoms with Crippen LogP contribution in [0.3, 0.4) is 0 Å². The molecule has 1 aromatic carbocycles. The topological polar surface area (TPSA) is 89.0 Å². The molecule has 4 aromatic rings. The second-order valence-electron chi connectivity index (χ2n) is 7.79. The van der Waals surface area contributed by atoms with E-state index in [0.717, 1.165) is 22.3 Å². The van der Waals surface area contributed by atoms with E-state index in [1.54, 1.807) is 19.2 Å². The summed E-state index contributed by atoms with van der Waals surface area (Å²) in [5.74, 6) is 0.210. The van der Waals surface area contributed by atoms with Crippen LogP contribution >= 0.6 is 0 Å². The van der Waals surface area contributed by atoms with Gasteiger partial charge in [0.1, 0.15) is 5.75 Å². The maximum absolute atomic E-state index is 13.3. The number of carbonyl (C=O) groups is 1. The molecule has 7 nitrogen and oxygen atoms in total. The van der Waals surface area contributed by atoms with Crippen molar-refractivity contribution < 1.29 is 9.53 Å². The molecular formula is C25H26N4O3. The van der Waals surface area contributed by atoms with Gasteiger partial charge in [-0.25, -0.2) is 0 Å². The molecule has 0 spiro atoms. The largest absolute Gasteiger partial charge is 0.496 e. The number of pyridine rings is 2. The van der Waals surface area contributed by atoms with Crippen molar-refractivity contribution >= 4 is 16.8 Å². The molecule has 3 heterocycles. The fourth-order valence-corrected chi connectivity index (χ4v) is 4.23. The Morgan fingerprint density at radius 1 is 1.19 bits per heavy atom. The predicted octanol–water partition coefficient (Wildman–Crippen LogP) is 3.89. The minimum atomic E-state index is -0.273. The van der Waals surface area contributed by atoms with E-state index in [0.29, 0.717) is 22.6 Å². The number of benzene rings is 1. The third-order valence-electron chi connectivity index (χ3n) is 5.76. The Kier molecular flexibility index (Phi) is 5.81. The van der Waals surface area contributed by atoms with Crippen LogP contribution in [0.4, 0.5) is 0 Å². The van der Waals surface area contributed by atoms with E-state index in [4.69, 9.17) is 4.74 Å². The number of nitrogens with one attached hydrogen (secondary N) is 2. The van der Waals surface area contributed by atoms with E-state index in [9.17, 15) is 9.59 Å². The summed E-state index contributed by atoms with van der Waals surface area (Å²) in [5, 5.41) is 3.76. The van der Waals surface area contributed by atoms with Crippen LogP contribution in [-0.2, 0) is 6.54 Å². The van der Waals surface area contributed by atoms with Crippen LogP contribution in [-0.4, -0.2) is 27.6 Å². The third-order valence-corrected chi connectivity index (χ3v) is 5.76. The minimum Gasteiger partial charge on any atom is -0.496 e.